The number of carbonyl (C=O) groups is 1. The molecule has 0 spiro atoms. The molecule has 0 aliphatic heterocycles. The van der Waals surface area contributed by atoms with E-state index in [9.17, 15) is 13.6 Å². The molecule has 0 bridgehead atoms. The van der Waals surface area contributed by atoms with Crippen molar-refractivity contribution in [3.63, 3.8) is 0 Å². The highest BCUT2D eigenvalue weighted by Gasteiger charge is 2.16. The van der Waals surface area contributed by atoms with Gasteiger partial charge in [0.2, 0.25) is 0 Å². The molecule has 0 saturated carbocycles. The van der Waals surface area contributed by atoms with Crippen molar-refractivity contribution >= 4 is 12.0 Å². The zero-order valence-corrected chi connectivity index (χ0v) is 10.6. The lowest BCUT2D eigenvalue weighted by Crippen LogP contribution is -2.08. The quantitative estimate of drug-likeness (QED) is 0.789. The number of halogens is 2. The lowest BCUT2D eigenvalue weighted by molar-refractivity contribution is 0.0466. The Labute approximate surface area is 115 Å². The summed E-state index contributed by atoms with van der Waals surface area (Å²) in [4.78, 5) is 11.7. The lowest BCUT2D eigenvalue weighted by atomic mass is 10.1. The molecular formula is C16H12F2O2. The van der Waals surface area contributed by atoms with Crippen LogP contribution in [0.2, 0.25) is 0 Å². The van der Waals surface area contributed by atoms with Crippen LogP contribution in [0.25, 0.3) is 6.08 Å². The Bertz CT molecular complexity index is 636. The highest BCUT2D eigenvalue weighted by molar-refractivity contribution is 5.90. The van der Waals surface area contributed by atoms with Crippen LogP contribution < -0.4 is 0 Å². The highest BCUT2D eigenvalue weighted by atomic mass is 19.1. The van der Waals surface area contributed by atoms with Gasteiger partial charge in [-0.2, -0.15) is 0 Å². The van der Waals surface area contributed by atoms with Crippen LogP contribution in [0, 0.1) is 11.6 Å². The van der Waals surface area contributed by atoms with Crippen molar-refractivity contribution in [3.8, 4) is 0 Å². The Hall–Kier alpha value is -2.49. The van der Waals surface area contributed by atoms with Gasteiger partial charge >= 0.3 is 5.97 Å². The zero-order chi connectivity index (χ0) is 14.5. The molecular weight excluding hydrogens is 262 g/mol. The molecule has 102 valence electrons. The molecule has 4 heteroatoms. The van der Waals surface area contributed by atoms with Crippen LogP contribution >= 0.6 is 0 Å². The lowest BCUT2D eigenvalue weighted by Gasteiger charge is -2.07. The largest absolute Gasteiger partial charge is 0.457 e. The van der Waals surface area contributed by atoms with Gasteiger partial charge in [0.25, 0.3) is 0 Å². The summed E-state index contributed by atoms with van der Waals surface area (Å²) in [6, 6.07) is 10.7. The second kappa shape index (κ2) is 6.10. The Morgan fingerprint density at radius 2 is 1.85 bits per heavy atom. The van der Waals surface area contributed by atoms with Gasteiger partial charge in [-0.05, 0) is 17.7 Å². The second-order valence-corrected chi connectivity index (χ2v) is 4.12. The number of esters is 1. The van der Waals surface area contributed by atoms with Crippen molar-refractivity contribution in [1.82, 2.24) is 0 Å². The molecule has 2 rings (SSSR count). The third-order valence-corrected chi connectivity index (χ3v) is 2.74. The van der Waals surface area contributed by atoms with Gasteiger partial charge in [-0.25, -0.2) is 13.6 Å². The normalized spacial score (nSPS) is 10.1. The van der Waals surface area contributed by atoms with Crippen LogP contribution in [0.4, 0.5) is 8.78 Å². The molecule has 0 radical (unpaired) electrons. The van der Waals surface area contributed by atoms with Crippen molar-refractivity contribution in [2.24, 2.45) is 0 Å². The van der Waals surface area contributed by atoms with Gasteiger partial charge in [-0.3, -0.25) is 0 Å². The molecule has 0 amide bonds. The summed E-state index contributed by atoms with van der Waals surface area (Å²) in [7, 11) is 0. The monoisotopic (exact) mass is 274 g/mol. The van der Waals surface area contributed by atoms with Crippen LogP contribution in [0.15, 0.2) is 49.0 Å². The van der Waals surface area contributed by atoms with Crippen LogP contribution in [-0.2, 0) is 11.3 Å². The summed E-state index contributed by atoms with van der Waals surface area (Å²) < 4.78 is 32.1. The molecule has 0 fully saturated rings. The average molecular weight is 274 g/mol. The maximum absolute atomic E-state index is 13.7. The van der Waals surface area contributed by atoms with Gasteiger partial charge in [-0.1, -0.05) is 43.0 Å². The van der Waals surface area contributed by atoms with Crippen LogP contribution in [0.5, 0.6) is 0 Å². The molecule has 0 heterocycles. The van der Waals surface area contributed by atoms with E-state index in [-0.39, 0.29) is 12.2 Å². The Morgan fingerprint density at radius 3 is 2.50 bits per heavy atom. The van der Waals surface area contributed by atoms with E-state index in [0.29, 0.717) is 0 Å². The van der Waals surface area contributed by atoms with Gasteiger partial charge in [0.05, 0.1) is 5.56 Å². The van der Waals surface area contributed by atoms with E-state index in [0.717, 1.165) is 17.7 Å². The second-order valence-electron chi connectivity index (χ2n) is 4.12. The number of carbonyl (C=O) groups excluding carboxylic acids is 1. The van der Waals surface area contributed by atoms with E-state index < -0.39 is 23.2 Å². The number of rotatable bonds is 4. The Balaban J connectivity index is 2.13. The van der Waals surface area contributed by atoms with Crippen LogP contribution in [0.1, 0.15) is 21.5 Å². The van der Waals surface area contributed by atoms with Gasteiger partial charge in [0.15, 0.2) is 0 Å². The number of hydrogen-bond donors (Lipinski definition) is 0. The van der Waals surface area contributed by atoms with Crippen molar-refractivity contribution in [3.05, 3.63) is 77.4 Å². The van der Waals surface area contributed by atoms with Crippen LogP contribution in [-0.4, -0.2) is 5.97 Å². The standard InChI is InChI=1S/C16H12F2O2/c1-2-12-8-15(18)13(9-14(12)17)16(19)20-10-11-6-4-3-5-7-11/h2-9H,1,10H2. The first-order chi connectivity index (χ1) is 9.61. The van der Waals surface area contributed by atoms with E-state index in [2.05, 4.69) is 6.58 Å². The first-order valence-corrected chi connectivity index (χ1v) is 5.94. The average Bonchev–Trinajstić information content (AvgIpc) is 2.47. The summed E-state index contributed by atoms with van der Waals surface area (Å²) >= 11 is 0. The number of hydrogen-bond acceptors (Lipinski definition) is 2. The minimum atomic E-state index is -0.902. The van der Waals surface area contributed by atoms with E-state index in [1.54, 1.807) is 24.3 Å². The van der Waals surface area contributed by atoms with E-state index >= 15 is 0 Å². The molecule has 2 aromatic carbocycles. The highest BCUT2D eigenvalue weighted by Crippen LogP contribution is 2.17. The SMILES string of the molecule is C=Cc1cc(F)c(C(=O)OCc2ccccc2)cc1F. The minimum Gasteiger partial charge on any atom is -0.457 e. The van der Waals surface area contributed by atoms with Crippen molar-refractivity contribution in [2.45, 2.75) is 6.61 Å². The van der Waals surface area contributed by atoms with Gasteiger partial charge in [0.1, 0.15) is 18.2 Å². The van der Waals surface area contributed by atoms with Gasteiger partial charge < -0.3 is 4.74 Å². The third-order valence-electron chi connectivity index (χ3n) is 2.74. The summed E-state index contributed by atoms with van der Waals surface area (Å²) in [5.74, 6) is -2.45. The molecule has 0 N–H and O–H groups in total. The number of benzene rings is 2. The molecule has 0 aliphatic rings. The Kier molecular flexibility index (Phi) is 4.25. The first-order valence-electron chi connectivity index (χ1n) is 5.94. The molecule has 0 saturated heterocycles. The third kappa shape index (κ3) is 3.09. The zero-order valence-electron chi connectivity index (χ0n) is 10.6. The summed E-state index contributed by atoms with van der Waals surface area (Å²) in [6.45, 7) is 3.36. The molecule has 0 aliphatic carbocycles. The fraction of sp³-hybridized carbons (Fsp3) is 0.0625. The predicted octanol–water partition coefficient (Wildman–Crippen LogP) is 3.96. The molecule has 2 aromatic rings. The topological polar surface area (TPSA) is 26.3 Å². The molecule has 20 heavy (non-hydrogen) atoms. The van der Waals surface area contributed by atoms with E-state index in [1.807, 2.05) is 6.07 Å². The molecule has 0 aromatic heterocycles. The minimum absolute atomic E-state index is 0.00195. The summed E-state index contributed by atoms with van der Waals surface area (Å²) in [5, 5.41) is 0. The Morgan fingerprint density at radius 1 is 1.15 bits per heavy atom. The predicted molar refractivity (Wildman–Crippen MR) is 72.0 cm³/mol. The van der Waals surface area contributed by atoms with E-state index in [1.165, 1.54) is 6.08 Å². The van der Waals surface area contributed by atoms with Crippen molar-refractivity contribution in [2.75, 3.05) is 0 Å². The van der Waals surface area contributed by atoms with E-state index in [4.69, 9.17) is 4.74 Å². The van der Waals surface area contributed by atoms with Gasteiger partial charge in [-0.15, -0.1) is 0 Å². The molecule has 0 unspecified atom stereocenters. The van der Waals surface area contributed by atoms with Crippen LogP contribution in [0.3, 0.4) is 0 Å². The van der Waals surface area contributed by atoms with Crippen molar-refractivity contribution < 1.29 is 18.3 Å². The fourth-order valence-corrected chi connectivity index (χ4v) is 1.68. The molecule has 0 atom stereocenters. The maximum Gasteiger partial charge on any atom is 0.341 e. The first kappa shape index (κ1) is 13.9. The van der Waals surface area contributed by atoms with Crippen molar-refractivity contribution in [1.29, 1.82) is 0 Å². The molecule has 2 nitrogen and oxygen atoms in total. The smallest absolute Gasteiger partial charge is 0.341 e. The maximum atomic E-state index is 13.7. The summed E-state index contributed by atoms with van der Waals surface area (Å²) in [6.07, 6.45) is 1.18. The van der Waals surface area contributed by atoms with Gasteiger partial charge in [0, 0.05) is 5.56 Å². The number of ether oxygens (including phenoxy) is 1. The summed E-state index contributed by atoms with van der Waals surface area (Å²) in [5.41, 5.74) is 0.343. The fourth-order valence-electron chi connectivity index (χ4n) is 1.68.